The van der Waals surface area contributed by atoms with Crippen LogP contribution in [0.5, 0.6) is 0 Å². The predicted octanol–water partition coefficient (Wildman–Crippen LogP) is 6.69. The molecular weight excluding hydrogens is 2010 g/mol. The van der Waals surface area contributed by atoms with Gasteiger partial charge >= 0.3 is 254 Å². The van der Waals surface area contributed by atoms with Gasteiger partial charge in [-0.25, -0.2) is 4.79 Å². The number of carbonyl (C=O) groups is 6. The Labute approximate surface area is 935 Å². The first-order valence-corrected chi connectivity index (χ1v) is 38.0. The normalized spacial score (nSPS) is 9.57. The smallest absolute Gasteiger partial charge is 1.00 e. The first kappa shape index (κ1) is 112. The van der Waals surface area contributed by atoms with Gasteiger partial charge in [0.1, 0.15) is 10.5 Å². The molecule has 7 heterocycles. The molecular formula is C89H84BBr2Cl3Cs2FK2N7O13. The summed E-state index contributed by atoms with van der Waals surface area (Å²) in [7, 11) is -2.40. The monoisotopic (exact) mass is 2100 g/mol. The molecule has 0 radical (unpaired) electrons. The summed E-state index contributed by atoms with van der Waals surface area (Å²) in [6, 6.07) is 83.4. The second-order valence-corrected chi connectivity index (χ2v) is 27.6. The van der Waals surface area contributed by atoms with Gasteiger partial charge in [-0.15, -0.1) is 34.8 Å². The predicted molar refractivity (Wildman–Crippen MR) is 466 cm³/mol. The van der Waals surface area contributed by atoms with Gasteiger partial charge in [0.15, 0.2) is 18.9 Å². The van der Waals surface area contributed by atoms with Gasteiger partial charge in [-0.05, 0) is 204 Å². The standard InChI is InChI=1S/C21H16N2O2.C21H16N2O.C16H12BrNO.C11H9Cl.C5H6BNO2.C5H4BrNO.C5H10.C2H4Cl2.CH3F.2CH2O3.2Cs.2K.2H/c24-21(25)20-11-10-19(16-8-4-12-22-13-16)23(20)14-17-7-3-6-15-5-1-2-9-18(15)17;24-15-19-10-11-21(17-8-4-12-22-13-17)23(19)14-18-7-3-6-16-5-1-2-9-20(16)18;17-16-9-8-14(11-19)18(16)10-13-6-3-5-12-4-1-2-7-15(12)13;12-8-10-6-3-5-9-4-1-2-7-11(9)10;8-6(9)5-2-1-3-7-4-5;6-5-2-1-4(3-8)7-5;1-4-5(2)3;1-2(3)4;1-2;2*2-1-4-3;;;;;;/h1-13H,14H2,(H,24,25);1-13,15H,14H2;1-9,11H,10H2;1-7H,8H2;1-4,8-9H;1-3,7H;4H,1-3H3;2H,1H3;1H3;2*1,3H;;;;;;/q;;;;;;;;;;;4*+1;2*-1/p-2/i;;;;;;;;1D;;;;;;;;. The number of hydrogen-bond donors (Lipinski definition) is 4. The summed E-state index contributed by atoms with van der Waals surface area (Å²) in [5, 5.41) is 53.2. The Bertz CT molecular complexity index is 5540. The number of pyridine rings is 3. The molecule has 15 rings (SSSR count). The number of benzene rings is 8. The quantitative estimate of drug-likeness (QED) is 0.0196. The number of aromatic amines is 1. The van der Waals surface area contributed by atoms with E-state index in [1.54, 1.807) is 62.0 Å². The number of aromatic nitrogens is 7. The Hall–Kier alpha value is -4.43. The fraction of sp³-hybridized carbons (Fsp3) is 0.112. The van der Waals surface area contributed by atoms with E-state index in [9.17, 15) is 28.7 Å². The van der Waals surface area contributed by atoms with Crippen molar-refractivity contribution in [3.63, 3.8) is 0 Å². The zero-order valence-corrected chi connectivity index (χ0v) is 91.5. The number of carbonyl (C=O) groups excluding carboxylic acids is 5. The Balaban J connectivity index is 0. The molecule has 8 aromatic carbocycles. The van der Waals surface area contributed by atoms with Crippen LogP contribution in [0.1, 0.15) is 96.1 Å². The molecule has 0 bridgehead atoms. The van der Waals surface area contributed by atoms with E-state index in [0.717, 1.165) is 66.9 Å². The summed E-state index contributed by atoms with van der Waals surface area (Å²) in [5.41, 5.74) is 12.4. The minimum atomic E-state index is -1.40. The number of allylic oxidation sites excluding steroid dienone is 2. The van der Waals surface area contributed by atoms with E-state index in [2.05, 4.69) is 185 Å². The van der Waals surface area contributed by atoms with Crippen LogP contribution in [0, 0.1) is 0 Å². The average molecular weight is 2100 g/mol. The SMILES string of the molecule is CC(Cl)Cl.CC=C(C)C.ClCc1cccc2ccccc12.O=C(O)c1ccc(-c2cccnc2)n1Cc1cccc2ccccc12.O=CO[O-].O=CO[O-].O=Cc1ccc(-c2cccnc2)n1Cc1cccc2ccccc12.O=Cc1ccc(Br)[nH]1.O=Cc1ccc(Br)n1Cc1cccc2ccccc12.OB(O)c1cccnc1.[2H]CF.[Cs+].[Cs+].[H-].[H-].[K+].[K+]. The fourth-order valence-corrected chi connectivity index (χ4v) is 12.1. The molecule has 0 aliphatic rings. The number of rotatable bonds is 16. The van der Waals surface area contributed by atoms with Crippen LogP contribution in [0.4, 0.5) is 4.39 Å². The molecule has 120 heavy (non-hydrogen) atoms. The summed E-state index contributed by atoms with van der Waals surface area (Å²) in [6.07, 6.45) is 14.7. The van der Waals surface area contributed by atoms with Crippen LogP contribution < -0.4 is 257 Å². The van der Waals surface area contributed by atoms with Crippen molar-refractivity contribution in [1.82, 2.24) is 33.6 Å². The Morgan fingerprint density at radius 3 is 1.21 bits per heavy atom. The maximum absolute atomic E-state index is 11.7. The van der Waals surface area contributed by atoms with Crippen molar-refractivity contribution in [1.29, 1.82) is 0 Å². The third-order valence-corrected chi connectivity index (χ3v) is 17.9. The molecule has 0 saturated carbocycles. The van der Waals surface area contributed by atoms with Crippen LogP contribution in [-0.2, 0) is 44.9 Å². The molecule has 0 saturated heterocycles. The maximum Gasteiger partial charge on any atom is 1.00 e. The zero-order valence-electron chi connectivity index (χ0n) is 70.2. The third-order valence-electron chi connectivity index (χ3n) is 16.4. The second-order valence-electron chi connectivity index (χ2n) is 24.1. The summed E-state index contributed by atoms with van der Waals surface area (Å²) in [5.74, 6) is -0.350. The molecule has 7 aromatic heterocycles. The van der Waals surface area contributed by atoms with Gasteiger partial charge in [0.2, 0.25) is 0 Å². The molecule has 0 aliphatic carbocycles. The largest absolute Gasteiger partial charge is 1.00 e. The van der Waals surface area contributed by atoms with E-state index < -0.39 is 20.2 Å². The van der Waals surface area contributed by atoms with Crippen LogP contribution in [0.2, 0.25) is 0 Å². The number of aldehydes is 3. The number of H-pyrrole nitrogens is 1. The number of carboxylic acid groups (broad SMARTS) is 1. The number of hydrogen-bond acceptors (Lipinski definition) is 15. The van der Waals surface area contributed by atoms with Crippen molar-refractivity contribution in [2.45, 2.75) is 58.0 Å². The number of carboxylic acids is 1. The van der Waals surface area contributed by atoms with Crippen LogP contribution in [-0.4, -0.2) is 106 Å². The molecule has 4 N–H and O–H groups in total. The fourth-order valence-electron chi connectivity index (χ4n) is 11.0. The molecule has 602 valence electrons. The van der Waals surface area contributed by atoms with E-state index in [0.29, 0.717) is 48.1 Å². The molecule has 0 amide bonds. The number of fused-ring (bicyclic) bond motifs is 4. The first-order chi connectivity index (χ1) is 56.7. The number of nitrogens with one attached hydrogen (secondary N) is 1. The average Bonchev–Trinajstić information content (AvgIpc) is 1.72. The summed E-state index contributed by atoms with van der Waals surface area (Å²) < 4.78 is 23.1. The van der Waals surface area contributed by atoms with Gasteiger partial charge in [-0.3, -0.25) is 43.3 Å². The van der Waals surface area contributed by atoms with Gasteiger partial charge in [0, 0.05) is 79.3 Å². The zero-order chi connectivity index (χ0) is 85.3. The second kappa shape index (κ2) is 66.1. The van der Waals surface area contributed by atoms with Crippen LogP contribution in [0.3, 0.4) is 0 Å². The minimum absolute atomic E-state index is 0. The van der Waals surface area contributed by atoms with Gasteiger partial charge in [-0.2, -0.15) is 0 Å². The van der Waals surface area contributed by atoms with Crippen LogP contribution in [0.25, 0.3) is 65.6 Å². The van der Waals surface area contributed by atoms with Crippen molar-refractivity contribution < 1.29 is 313 Å². The summed E-state index contributed by atoms with van der Waals surface area (Å²) >= 11 is 22.5. The first-order valence-electron chi connectivity index (χ1n) is 35.7. The van der Waals surface area contributed by atoms with E-state index in [-0.39, 0.29) is 267 Å². The molecule has 20 nitrogen and oxygen atoms in total. The molecule has 0 fully saturated rings. The number of halogens is 6. The van der Waals surface area contributed by atoms with Crippen molar-refractivity contribution >= 4 is 160 Å². The number of nitrogens with zero attached hydrogens (tertiary/aromatic N) is 6. The minimum Gasteiger partial charge on any atom is -1.00 e. The molecule has 15 aromatic rings. The van der Waals surface area contributed by atoms with E-state index in [1.807, 2.05) is 148 Å². The third kappa shape index (κ3) is 39.2. The van der Waals surface area contributed by atoms with Gasteiger partial charge in [-0.1, -0.05) is 188 Å². The molecule has 0 unspecified atom stereocenters. The van der Waals surface area contributed by atoms with E-state index in [4.69, 9.17) is 66.3 Å². The summed E-state index contributed by atoms with van der Waals surface area (Å²) in [4.78, 5) is 81.3. The van der Waals surface area contributed by atoms with Crippen molar-refractivity contribution in [2.75, 3.05) is 7.15 Å². The number of alkyl halides is 4. The molecule has 0 spiro atoms. The Morgan fingerprint density at radius 2 is 0.883 bits per heavy atom. The maximum atomic E-state index is 11.7. The van der Waals surface area contributed by atoms with Crippen molar-refractivity contribution in [3.05, 3.63) is 358 Å². The van der Waals surface area contributed by atoms with Crippen LogP contribution in [0.15, 0.2) is 313 Å². The Morgan fingerprint density at radius 1 is 0.533 bits per heavy atom. The number of aromatic carboxylic acids is 1. The summed E-state index contributed by atoms with van der Waals surface area (Å²) in [6.45, 7) is 9.36. The topological polar surface area (TPSA) is 297 Å². The van der Waals surface area contributed by atoms with Gasteiger partial charge in [0.25, 0.3) is 12.9 Å². The van der Waals surface area contributed by atoms with Crippen molar-refractivity contribution in [3.8, 4) is 22.5 Å². The van der Waals surface area contributed by atoms with E-state index >= 15 is 0 Å². The van der Waals surface area contributed by atoms with Gasteiger partial charge in [0.05, 0.1) is 46.2 Å². The molecule has 0 atom stereocenters. The van der Waals surface area contributed by atoms with E-state index in [1.165, 1.54) is 60.8 Å². The van der Waals surface area contributed by atoms with Crippen LogP contribution >= 0.6 is 66.7 Å². The van der Waals surface area contributed by atoms with Crippen molar-refractivity contribution in [2.24, 2.45) is 0 Å². The van der Waals surface area contributed by atoms with Gasteiger partial charge < -0.3 is 57.0 Å². The molecule has 0 aliphatic heterocycles. The Kier molecular flexibility index (Phi) is 61.5. The molecule has 31 heteroatoms.